The van der Waals surface area contributed by atoms with Gasteiger partial charge in [0.15, 0.2) is 0 Å². The molecule has 0 saturated heterocycles. The molecule has 1 amide bonds. The molecule has 3 rings (SSSR count). The zero-order valence-corrected chi connectivity index (χ0v) is 13.9. The normalized spacial score (nSPS) is 15.4. The lowest BCUT2D eigenvalue weighted by Gasteiger charge is -2.38. The third-order valence-corrected chi connectivity index (χ3v) is 4.58. The van der Waals surface area contributed by atoms with Crippen LogP contribution in [0.15, 0.2) is 60.7 Å². The fraction of sp³-hybridized carbons (Fsp3) is 0.300. The molecule has 25 heavy (non-hydrogen) atoms. The number of hydrogen-bond acceptors (Lipinski definition) is 3. The first-order chi connectivity index (χ1) is 12.1. The first-order valence-corrected chi connectivity index (χ1v) is 8.37. The van der Waals surface area contributed by atoms with Crippen molar-refractivity contribution in [2.24, 2.45) is 0 Å². The van der Waals surface area contributed by atoms with Gasteiger partial charge in [-0.2, -0.15) is 0 Å². The minimum Gasteiger partial charge on any atom is -0.480 e. The second-order valence-corrected chi connectivity index (χ2v) is 6.30. The molecule has 0 spiro atoms. The number of rotatable bonds is 7. The number of hydrogen-bond donors (Lipinski definition) is 2. The number of carbonyl (C=O) groups excluding carboxylic acids is 1. The van der Waals surface area contributed by atoms with E-state index >= 15 is 0 Å². The first kappa shape index (κ1) is 17.2. The van der Waals surface area contributed by atoms with Crippen molar-refractivity contribution in [2.45, 2.75) is 30.9 Å². The van der Waals surface area contributed by atoms with Gasteiger partial charge in [-0.25, -0.2) is 4.79 Å². The Balaban J connectivity index is 1.69. The van der Waals surface area contributed by atoms with Crippen molar-refractivity contribution in [3.63, 3.8) is 0 Å². The van der Waals surface area contributed by atoms with Gasteiger partial charge in [0.05, 0.1) is 0 Å². The molecule has 1 aliphatic carbocycles. The van der Waals surface area contributed by atoms with Gasteiger partial charge in [0.2, 0.25) is 5.91 Å². The van der Waals surface area contributed by atoms with Crippen LogP contribution >= 0.6 is 0 Å². The number of carboxylic acids is 1. The molecule has 1 aliphatic rings. The van der Waals surface area contributed by atoms with Crippen LogP contribution in [0.5, 0.6) is 0 Å². The molecule has 0 heterocycles. The summed E-state index contributed by atoms with van der Waals surface area (Å²) >= 11 is 0. The van der Waals surface area contributed by atoms with E-state index in [0.29, 0.717) is 12.8 Å². The van der Waals surface area contributed by atoms with Gasteiger partial charge >= 0.3 is 5.97 Å². The molecule has 1 saturated carbocycles. The maximum atomic E-state index is 12.2. The summed E-state index contributed by atoms with van der Waals surface area (Å²) in [7, 11) is 0. The Morgan fingerprint density at radius 3 is 1.92 bits per heavy atom. The van der Waals surface area contributed by atoms with Crippen LogP contribution < -0.4 is 5.32 Å². The van der Waals surface area contributed by atoms with Gasteiger partial charge < -0.3 is 15.2 Å². The molecule has 2 N–H and O–H groups in total. The average molecular weight is 339 g/mol. The van der Waals surface area contributed by atoms with Gasteiger partial charge in [-0.3, -0.25) is 4.79 Å². The highest BCUT2D eigenvalue weighted by Gasteiger charge is 2.45. The lowest BCUT2D eigenvalue weighted by atomic mass is 9.77. The molecular weight excluding hydrogens is 318 g/mol. The predicted molar refractivity (Wildman–Crippen MR) is 93.0 cm³/mol. The Morgan fingerprint density at radius 2 is 1.52 bits per heavy atom. The van der Waals surface area contributed by atoms with E-state index in [1.54, 1.807) is 0 Å². The number of carboxylic acid groups (broad SMARTS) is 1. The van der Waals surface area contributed by atoms with Crippen LogP contribution in [0.4, 0.5) is 0 Å². The van der Waals surface area contributed by atoms with Gasteiger partial charge in [-0.15, -0.1) is 0 Å². The van der Waals surface area contributed by atoms with E-state index in [1.807, 2.05) is 60.7 Å². The van der Waals surface area contributed by atoms with E-state index < -0.39 is 17.4 Å². The maximum Gasteiger partial charge on any atom is 0.329 e. The molecular formula is C20H21NO4. The fourth-order valence-electron chi connectivity index (χ4n) is 3.03. The Kier molecular flexibility index (Phi) is 5.14. The molecule has 0 radical (unpaired) electrons. The third-order valence-electron chi connectivity index (χ3n) is 4.58. The summed E-state index contributed by atoms with van der Waals surface area (Å²) in [5, 5.41) is 11.9. The Hall–Kier alpha value is -2.66. The van der Waals surface area contributed by atoms with Gasteiger partial charge in [-0.1, -0.05) is 60.7 Å². The summed E-state index contributed by atoms with van der Waals surface area (Å²) in [4.78, 5) is 23.6. The Labute approximate surface area is 146 Å². The average Bonchev–Trinajstić information content (AvgIpc) is 2.60. The highest BCUT2D eigenvalue weighted by atomic mass is 16.5. The van der Waals surface area contributed by atoms with Crippen LogP contribution in [-0.2, 0) is 14.3 Å². The van der Waals surface area contributed by atoms with E-state index in [9.17, 15) is 14.7 Å². The molecule has 130 valence electrons. The Morgan fingerprint density at radius 1 is 1.00 bits per heavy atom. The van der Waals surface area contributed by atoms with Crippen LogP contribution in [0.3, 0.4) is 0 Å². The number of amides is 1. The summed E-state index contributed by atoms with van der Waals surface area (Å²) in [6.45, 7) is -0.191. The molecule has 0 atom stereocenters. The molecule has 0 aromatic heterocycles. The van der Waals surface area contributed by atoms with E-state index in [2.05, 4.69) is 5.32 Å². The molecule has 5 nitrogen and oxygen atoms in total. The fourth-order valence-corrected chi connectivity index (χ4v) is 3.03. The number of nitrogens with one attached hydrogen (secondary N) is 1. The van der Waals surface area contributed by atoms with Crippen molar-refractivity contribution in [1.29, 1.82) is 0 Å². The van der Waals surface area contributed by atoms with Crippen molar-refractivity contribution in [3.8, 4) is 0 Å². The molecule has 0 unspecified atom stereocenters. The minimum atomic E-state index is -1.12. The number of carbonyl (C=O) groups is 2. The van der Waals surface area contributed by atoms with Gasteiger partial charge in [0, 0.05) is 0 Å². The second-order valence-electron chi connectivity index (χ2n) is 6.30. The van der Waals surface area contributed by atoms with Crippen molar-refractivity contribution in [2.75, 3.05) is 6.61 Å². The third kappa shape index (κ3) is 3.88. The van der Waals surface area contributed by atoms with Crippen LogP contribution in [0, 0.1) is 0 Å². The van der Waals surface area contributed by atoms with Crippen molar-refractivity contribution >= 4 is 11.9 Å². The summed E-state index contributed by atoms with van der Waals surface area (Å²) < 4.78 is 5.87. The lowest BCUT2D eigenvalue weighted by molar-refractivity contribution is -0.152. The van der Waals surface area contributed by atoms with Gasteiger partial charge in [0.25, 0.3) is 0 Å². The van der Waals surface area contributed by atoms with Gasteiger partial charge in [-0.05, 0) is 30.4 Å². The SMILES string of the molecule is O=C(COC(c1ccccc1)c1ccccc1)NC1(C(=O)O)CCC1. The monoisotopic (exact) mass is 339 g/mol. The Bertz CT molecular complexity index is 686. The smallest absolute Gasteiger partial charge is 0.329 e. The number of benzene rings is 2. The zero-order valence-electron chi connectivity index (χ0n) is 13.9. The first-order valence-electron chi connectivity index (χ1n) is 8.37. The predicted octanol–water partition coefficient (Wildman–Crippen LogP) is 2.92. The number of ether oxygens (including phenoxy) is 1. The largest absolute Gasteiger partial charge is 0.480 e. The van der Waals surface area contributed by atoms with Crippen molar-refractivity contribution < 1.29 is 19.4 Å². The molecule has 2 aromatic carbocycles. The van der Waals surface area contributed by atoms with Crippen LogP contribution in [0.25, 0.3) is 0 Å². The summed E-state index contributed by atoms with van der Waals surface area (Å²) in [5.41, 5.74) is 0.770. The van der Waals surface area contributed by atoms with E-state index in [1.165, 1.54) is 0 Å². The van der Waals surface area contributed by atoms with Crippen LogP contribution in [0.1, 0.15) is 36.5 Å². The quantitative estimate of drug-likeness (QED) is 0.813. The van der Waals surface area contributed by atoms with E-state index in [0.717, 1.165) is 17.5 Å². The molecule has 2 aromatic rings. The zero-order chi connectivity index (χ0) is 17.7. The van der Waals surface area contributed by atoms with Crippen LogP contribution in [0.2, 0.25) is 0 Å². The molecule has 0 aliphatic heterocycles. The second kappa shape index (κ2) is 7.49. The van der Waals surface area contributed by atoms with Gasteiger partial charge in [0.1, 0.15) is 18.2 Å². The summed E-state index contributed by atoms with van der Waals surface area (Å²) in [6, 6.07) is 19.3. The molecule has 1 fully saturated rings. The summed E-state index contributed by atoms with van der Waals surface area (Å²) in [6.07, 6.45) is 1.36. The highest BCUT2D eigenvalue weighted by molar-refractivity contribution is 5.88. The standard InChI is InChI=1S/C20H21NO4/c22-17(21-20(19(23)24)12-7-13-20)14-25-18(15-8-3-1-4-9-15)16-10-5-2-6-11-16/h1-6,8-11,18H,7,12-14H2,(H,21,22)(H,23,24). The number of aliphatic carboxylic acids is 1. The summed E-state index contributed by atoms with van der Waals surface area (Å²) in [5.74, 6) is -1.38. The lowest BCUT2D eigenvalue weighted by Crippen LogP contribution is -2.59. The topological polar surface area (TPSA) is 75.6 Å². The minimum absolute atomic E-state index is 0.191. The molecule has 5 heteroatoms. The molecule has 0 bridgehead atoms. The van der Waals surface area contributed by atoms with E-state index in [4.69, 9.17) is 4.74 Å². The van der Waals surface area contributed by atoms with Crippen molar-refractivity contribution in [1.82, 2.24) is 5.32 Å². The highest BCUT2D eigenvalue weighted by Crippen LogP contribution is 2.32. The maximum absolute atomic E-state index is 12.2. The van der Waals surface area contributed by atoms with E-state index in [-0.39, 0.29) is 12.7 Å². The van der Waals surface area contributed by atoms with Crippen LogP contribution in [-0.4, -0.2) is 29.1 Å². The van der Waals surface area contributed by atoms with Crippen molar-refractivity contribution in [3.05, 3.63) is 71.8 Å².